The van der Waals surface area contributed by atoms with E-state index in [0.717, 1.165) is 11.5 Å². The van der Waals surface area contributed by atoms with Crippen LogP contribution in [-0.4, -0.2) is 0 Å². The molecule has 0 aliphatic heterocycles. The fourth-order valence-electron chi connectivity index (χ4n) is 4.58. The molecule has 0 N–H and O–H groups in total. The van der Waals surface area contributed by atoms with Gasteiger partial charge in [0.15, 0.2) is 0 Å². The maximum Gasteiger partial charge on any atom is 0.133 e. The summed E-state index contributed by atoms with van der Waals surface area (Å²) in [6.45, 7) is 22.5. The Morgan fingerprint density at radius 3 is 0.966 bits per heavy atom. The van der Waals surface area contributed by atoms with Crippen molar-refractivity contribution in [2.45, 2.75) is 108 Å². The predicted molar refractivity (Wildman–Crippen MR) is 128 cm³/mol. The van der Waals surface area contributed by atoms with Crippen molar-refractivity contribution in [1.82, 2.24) is 0 Å². The van der Waals surface area contributed by atoms with Crippen molar-refractivity contribution in [2.24, 2.45) is 0 Å². The standard InChI is InChI=1S/C28H42O/c1-11-13-15-25-17(3)21(7)27(22(8)18(25)4)29-28-23(9)19(5)26(16-14-12-2)20(6)24(28)10/h11-16H2,1-10H3. The average molecular weight is 395 g/mol. The van der Waals surface area contributed by atoms with Gasteiger partial charge in [0.05, 0.1) is 0 Å². The number of benzene rings is 2. The number of hydrogen-bond donors (Lipinski definition) is 0. The van der Waals surface area contributed by atoms with Crippen molar-refractivity contribution in [3.63, 3.8) is 0 Å². The molecule has 0 aromatic heterocycles. The lowest BCUT2D eigenvalue weighted by Gasteiger charge is -2.25. The Morgan fingerprint density at radius 2 is 0.724 bits per heavy atom. The highest BCUT2D eigenvalue weighted by Gasteiger charge is 2.20. The van der Waals surface area contributed by atoms with Gasteiger partial charge in [-0.25, -0.2) is 0 Å². The van der Waals surface area contributed by atoms with Crippen LogP contribution in [0, 0.1) is 55.4 Å². The highest BCUT2D eigenvalue weighted by atomic mass is 16.5. The summed E-state index contributed by atoms with van der Waals surface area (Å²) >= 11 is 0. The molecule has 1 heteroatoms. The summed E-state index contributed by atoms with van der Waals surface area (Å²) in [4.78, 5) is 0. The molecule has 1 nitrogen and oxygen atoms in total. The third-order valence-corrected chi connectivity index (χ3v) is 7.19. The Bertz CT molecular complexity index is 755. The molecule has 0 saturated heterocycles. The van der Waals surface area contributed by atoms with Gasteiger partial charge < -0.3 is 4.74 Å². The summed E-state index contributed by atoms with van der Waals surface area (Å²) in [6.07, 6.45) is 7.29. The lowest BCUT2D eigenvalue weighted by atomic mass is 9.89. The lowest BCUT2D eigenvalue weighted by molar-refractivity contribution is 0.464. The fraction of sp³-hybridized carbons (Fsp3) is 0.571. The minimum absolute atomic E-state index is 1.06. The largest absolute Gasteiger partial charge is 0.456 e. The van der Waals surface area contributed by atoms with Gasteiger partial charge in [0.25, 0.3) is 0 Å². The van der Waals surface area contributed by atoms with E-state index in [-0.39, 0.29) is 0 Å². The summed E-state index contributed by atoms with van der Waals surface area (Å²) in [7, 11) is 0. The van der Waals surface area contributed by atoms with E-state index in [1.807, 2.05) is 0 Å². The molecule has 0 aliphatic carbocycles. The fourth-order valence-corrected chi connectivity index (χ4v) is 4.58. The van der Waals surface area contributed by atoms with Crippen molar-refractivity contribution < 1.29 is 4.74 Å². The van der Waals surface area contributed by atoms with Gasteiger partial charge in [-0.1, -0.05) is 26.7 Å². The molecule has 0 saturated carbocycles. The van der Waals surface area contributed by atoms with Crippen molar-refractivity contribution in [3.8, 4) is 11.5 Å². The van der Waals surface area contributed by atoms with Gasteiger partial charge in [-0.2, -0.15) is 0 Å². The maximum absolute atomic E-state index is 6.74. The Hall–Kier alpha value is -1.76. The van der Waals surface area contributed by atoms with Crippen LogP contribution in [0.15, 0.2) is 0 Å². The van der Waals surface area contributed by atoms with Crippen LogP contribution < -0.4 is 4.74 Å². The van der Waals surface area contributed by atoms with Gasteiger partial charge in [-0.15, -0.1) is 0 Å². The third kappa shape index (κ3) is 4.55. The Labute approximate surface area is 179 Å². The second-order valence-electron chi connectivity index (χ2n) is 8.92. The van der Waals surface area contributed by atoms with Crippen molar-refractivity contribution in [2.75, 3.05) is 0 Å². The van der Waals surface area contributed by atoms with Crippen LogP contribution in [0.5, 0.6) is 11.5 Å². The van der Waals surface area contributed by atoms with Crippen LogP contribution in [0.4, 0.5) is 0 Å². The molecule has 2 aromatic rings. The molecule has 0 spiro atoms. The summed E-state index contributed by atoms with van der Waals surface area (Å²) in [5.74, 6) is 2.12. The van der Waals surface area contributed by atoms with E-state index in [0.29, 0.717) is 0 Å². The zero-order valence-electron chi connectivity index (χ0n) is 20.7. The molecule has 0 fully saturated rings. The first-order valence-corrected chi connectivity index (χ1v) is 11.5. The number of hydrogen-bond acceptors (Lipinski definition) is 1. The molecule has 29 heavy (non-hydrogen) atoms. The molecular formula is C28H42O. The molecule has 0 bridgehead atoms. The van der Waals surface area contributed by atoms with Crippen LogP contribution in [0.25, 0.3) is 0 Å². The summed E-state index contributed by atoms with van der Waals surface area (Å²) in [5, 5.41) is 0. The molecule has 2 aromatic carbocycles. The van der Waals surface area contributed by atoms with Crippen LogP contribution in [0.2, 0.25) is 0 Å². The average Bonchev–Trinajstić information content (AvgIpc) is 2.70. The SMILES string of the molecule is CCCCc1c(C)c(C)c(Oc2c(C)c(C)c(CCCC)c(C)c2C)c(C)c1C. The van der Waals surface area contributed by atoms with E-state index in [1.165, 1.54) is 94.2 Å². The van der Waals surface area contributed by atoms with Crippen LogP contribution in [0.3, 0.4) is 0 Å². The third-order valence-electron chi connectivity index (χ3n) is 7.19. The lowest BCUT2D eigenvalue weighted by Crippen LogP contribution is -2.07. The maximum atomic E-state index is 6.74. The monoisotopic (exact) mass is 394 g/mol. The van der Waals surface area contributed by atoms with E-state index in [9.17, 15) is 0 Å². The van der Waals surface area contributed by atoms with Gasteiger partial charge in [-0.3, -0.25) is 0 Å². The molecule has 0 aliphatic rings. The van der Waals surface area contributed by atoms with Gasteiger partial charge in [0.1, 0.15) is 11.5 Å². The molecule has 0 radical (unpaired) electrons. The van der Waals surface area contributed by atoms with Crippen molar-refractivity contribution in [1.29, 1.82) is 0 Å². The molecule has 0 amide bonds. The van der Waals surface area contributed by atoms with E-state index in [2.05, 4.69) is 69.2 Å². The molecule has 0 unspecified atom stereocenters. The number of ether oxygens (including phenoxy) is 1. The van der Waals surface area contributed by atoms with E-state index in [1.54, 1.807) is 0 Å². The number of unbranched alkanes of at least 4 members (excludes halogenated alkanes) is 2. The quantitative estimate of drug-likeness (QED) is 0.435. The van der Waals surface area contributed by atoms with E-state index >= 15 is 0 Å². The van der Waals surface area contributed by atoms with E-state index in [4.69, 9.17) is 4.74 Å². The van der Waals surface area contributed by atoms with Gasteiger partial charge in [0, 0.05) is 0 Å². The first-order valence-electron chi connectivity index (χ1n) is 11.5. The predicted octanol–water partition coefficient (Wildman–Crippen LogP) is 8.63. The van der Waals surface area contributed by atoms with E-state index < -0.39 is 0 Å². The highest BCUT2D eigenvalue weighted by Crippen LogP contribution is 2.41. The molecule has 2 rings (SSSR count). The van der Waals surface area contributed by atoms with Crippen molar-refractivity contribution >= 4 is 0 Å². The summed E-state index contributed by atoms with van der Waals surface area (Å²) < 4.78 is 6.74. The van der Waals surface area contributed by atoms with Gasteiger partial charge in [0.2, 0.25) is 0 Å². The molecule has 0 heterocycles. The van der Waals surface area contributed by atoms with Gasteiger partial charge >= 0.3 is 0 Å². The Balaban J connectivity index is 2.58. The Kier molecular flexibility index (Phi) is 7.97. The molecular weight excluding hydrogens is 352 g/mol. The minimum atomic E-state index is 1.06. The highest BCUT2D eigenvalue weighted by molar-refractivity contribution is 5.59. The minimum Gasteiger partial charge on any atom is -0.456 e. The Morgan fingerprint density at radius 1 is 0.448 bits per heavy atom. The smallest absolute Gasteiger partial charge is 0.133 e. The number of rotatable bonds is 8. The summed E-state index contributed by atoms with van der Waals surface area (Å²) in [5.41, 5.74) is 13.8. The van der Waals surface area contributed by atoms with Crippen LogP contribution >= 0.6 is 0 Å². The van der Waals surface area contributed by atoms with Crippen LogP contribution in [0.1, 0.15) is 95.2 Å². The first kappa shape index (κ1) is 23.5. The second-order valence-corrected chi connectivity index (χ2v) is 8.92. The second kappa shape index (κ2) is 9.83. The topological polar surface area (TPSA) is 9.23 Å². The zero-order valence-corrected chi connectivity index (χ0v) is 20.7. The first-order chi connectivity index (χ1) is 13.7. The van der Waals surface area contributed by atoms with Crippen molar-refractivity contribution in [3.05, 3.63) is 55.6 Å². The summed E-state index contributed by atoms with van der Waals surface area (Å²) in [6, 6.07) is 0. The van der Waals surface area contributed by atoms with Crippen LogP contribution in [-0.2, 0) is 12.8 Å². The molecule has 160 valence electrons. The zero-order chi connectivity index (χ0) is 21.9. The van der Waals surface area contributed by atoms with Gasteiger partial charge in [-0.05, 0) is 137 Å². The molecule has 0 atom stereocenters. The normalized spacial score (nSPS) is 11.2.